The average molecular weight is 263 g/mol. The van der Waals surface area contributed by atoms with E-state index in [9.17, 15) is 4.39 Å². The van der Waals surface area contributed by atoms with Crippen LogP contribution in [0.4, 0.5) is 4.39 Å². The van der Waals surface area contributed by atoms with Crippen LogP contribution in [0.1, 0.15) is 62.6 Å². The standard InChI is InChI=1S/C17H26FN/c1-3-10-19-17(12-14-6-4-5-7-14)15-9-8-13(2)11-16(15)18/h8-9,11,14,17,19H,3-7,10,12H2,1-2H3. The maximum absolute atomic E-state index is 14.2. The molecule has 0 saturated heterocycles. The summed E-state index contributed by atoms with van der Waals surface area (Å²) in [5.74, 6) is 0.724. The van der Waals surface area contributed by atoms with Crippen molar-refractivity contribution >= 4 is 0 Å². The molecule has 0 heterocycles. The van der Waals surface area contributed by atoms with Crippen molar-refractivity contribution in [3.8, 4) is 0 Å². The molecule has 1 N–H and O–H groups in total. The van der Waals surface area contributed by atoms with E-state index >= 15 is 0 Å². The second-order valence-electron chi connectivity index (χ2n) is 5.92. The summed E-state index contributed by atoms with van der Waals surface area (Å²) >= 11 is 0. The second-order valence-corrected chi connectivity index (χ2v) is 5.92. The predicted octanol–water partition coefficient (Wildman–Crippen LogP) is 4.76. The average Bonchev–Trinajstić information content (AvgIpc) is 2.88. The van der Waals surface area contributed by atoms with E-state index in [4.69, 9.17) is 0 Å². The summed E-state index contributed by atoms with van der Waals surface area (Å²) in [4.78, 5) is 0. The first kappa shape index (κ1) is 14.5. The topological polar surface area (TPSA) is 12.0 Å². The smallest absolute Gasteiger partial charge is 0.128 e. The lowest BCUT2D eigenvalue weighted by Gasteiger charge is -2.23. The molecule has 0 amide bonds. The summed E-state index contributed by atoms with van der Waals surface area (Å²) in [5.41, 5.74) is 1.85. The van der Waals surface area contributed by atoms with Crippen molar-refractivity contribution in [2.24, 2.45) is 5.92 Å². The summed E-state index contributed by atoms with van der Waals surface area (Å²) in [5, 5.41) is 3.53. The summed E-state index contributed by atoms with van der Waals surface area (Å²) in [7, 11) is 0. The monoisotopic (exact) mass is 263 g/mol. The van der Waals surface area contributed by atoms with E-state index in [1.807, 2.05) is 19.1 Å². The van der Waals surface area contributed by atoms with Crippen molar-refractivity contribution in [1.29, 1.82) is 0 Å². The van der Waals surface area contributed by atoms with Gasteiger partial charge in [0.15, 0.2) is 0 Å². The minimum atomic E-state index is -0.0494. The quantitative estimate of drug-likeness (QED) is 0.780. The van der Waals surface area contributed by atoms with E-state index in [0.29, 0.717) is 0 Å². The van der Waals surface area contributed by atoms with Crippen molar-refractivity contribution < 1.29 is 4.39 Å². The highest BCUT2D eigenvalue weighted by molar-refractivity contribution is 5.26. The molecule has 0 aliphatic heterocycles. The van der Waals surface area contributed by atoms with Gasteiger partial charge < -0.3 is 5.32 Å². The third-order valence-corrected chi connectivity index (χ3v) is 4.22. The SMILES string of the molecule is CCCNC(CC1CCCC1)c1ccc(C)cc1F. The summed E-state index contributed by atoms with van der Waals surface area (Å²) in [6.45, 7) is 5.06. The zero-order valence-electron chi connectivity index (χ0n) is 12.2. The van der Waals surface area contributed by atoms with Gasteiger partial charge in [0.1, 0.15) is 5.82 Å². The number of halogens is 1. The van der Waals surface area contributed by atoms with Crippen LogP contribution >= 0.6 is 0 Å². The molecule has 0 bridgehead atoms. The van der Waals surface area contributed by atoms with E-state index in [2.05, 4.69) is 12.2 Å². The minimum Gasteiger partial charge on any atom is -0.310 e. The fraction of sp³-hybridized carbons (Fsp3) is 0.647. The minimum absolute atomic E-state index is 0.0494. The first-order valence-corrected chi connectivity index (χ1v) is 7.70. The second kappa shape index (κ2) is 7.04. The van der Waals surface area contributed by atoms with Gasteiger partial charge in [-0.15, -0.1) is 0 Å². The molecule has 1 nitrogen and oxygen atoms in total. The van der Waals surface area contributed by atoms with Gasteiger partial charge in [0.25, 0.3) is 0 Å². The largest absolute Gasteiger partial charge is 0.310 e. The zero-order valence-corrected chi connectivity index (χ0v) is 12.2. The molecule has 0 aromatic heterocycles. The zero-order chi connectivity index (χ0) is 13.7. The van der Waals surface area contributed by atoms with Gasteiger partial charge in [-0.3, -0.25) is 0 Å². The normalized spacial score (nSPS) is 17.8. The lowest BCUT2D eigenvalue weighted by atomic mass is 9.92. The molecule has 1 aliphatic carbocycles. The Morgan fingerprint density at radius 3 is 2.68 bits per heavy atom. The van der Waals surface area contributed by atoms with E-state index < -0.39 is 0 Å². The third-order valence-electron chi connectivity index (χ3n) is 4.22. The van der Waals surface area contributed by atoms with Crippen molar-refractivity contribution in [3.05, 3.63) is 35.1 Å². The summed E-state index contributed by atoms with van der Waals surface area (Å²) in [6, 6.07) is 5.83. The lowest BCUT2D eigenvalue weighted by Crippen LogP contribution is -2.25. The van der Waals surface area contributed by atoms with Crippen LogP contribution in [0.2, 0.25) is 0 Å². The molecule has 2 heteroatoms. The van der Waals surface area contributed by atoms with Crippen LogP contribution in [0.3, 0.4) is 0 Å². The third kappa shape index (κ3) is 4.04. The fourth-order valence-corrected chi connectivity index (χ4v) is 3.13. The Kier molecular flexibility index (Phi) is 5.38. The van der Waals surface area contributed by atoms with Crippen LogP contribution in [0.5, 0.6) is 0 Å². The van der Waals surface area contributed by atoms with Crippen molar-refractivity contribution in [3.63, 3.8) is 0 Å². The molecule has 0 radical (unpaired) electrons. The number of benzene rings is 1. The van der Waals surface area contributed by atoms with Gasteiger partial charge in [-0.05, 0) is 43.9 Å². The summed E-state index contributed by atoms with van der Waals surface area (Å²) in [6.07, 6.45) is 7.51. The van der Waals surface area contributed by atoms with Crippen LogP contribution in [0.15, 0.2) is 18.2 Å². The van der Waals surface area contributed by atoms with Crippen LogP contribution in [-0.4, -0.2) is 6.54 Å². The molecular weight excluding hydrogens is 237 g/mol. The van der Waals surface area contributed by atoms with Crippen molar-refractivity contribution in [2.45, 2.75) is 58.4 Å². The molecule has 1 aromatic carbocycles. The Morgan fingerprint density at radius 2 is 2.05 bits per heavy atom. The Balaban J connectivity index is 2.10. The number of rotatable bonds is 6. The molecular formula is C17H26FN. The summed E-state index contributed by atoms with van der Waals surface area (Å²) < 4.78 is 14.2. The Hall–Kier alpha value is -0.890. The predicted molar refractivity (Wildman–Crippen MR) is 78.7 cm³/mol. The Morgan fingerprint density at radius 1 is 1.32 bits per heavy atom. The van der Waals surface area contributed by atoms with Crippen LogP contribution in [-0.2, 0) is 0 Å². The molecule has 19 heavy (non-hydrogen) atoms. The first-order valence-electron chi connectivity index (χ1n) is 7.70. The van der Waals surface area contributed by atoms with Crippen LogP contribution in [0, 0.1) is 18.7 Å². The van der Waals surface area contributed by atoms with Gasteiger partial charge in [0, 0.05) is 11.6 Å². The number of hydrogen-bond acceptors (Lipinski definition) is 1. The molecule has 106 valence electrons. The molecule has 1 fully saturated rings. The maximum atomic E-state index is 14.2. The molecule has 2 rings (SSSR count). The highest BCUT2D eigenvalue weighted by Crippen LogP contribution is 2.33. The van der Waals surface area contributed by atoms with Gasteiger partial charge in [-0.2, -0.15) is 0 Å². The van der Waals surface area contributed by atoms with Gasteiger partial charge in [0.05, 0.1) is 0 Å². The molecule has 1 saturated carbocycles. The lowest BCUT2D eigenvalue weighted by molar-refractivity contribution is 0.385. The van der Waals surface area contributed by atoms with Gasteiger partial charge in [-0.25, -0.2) is 4.39 Å². The maximum Gasteiger partial charge on any atom is 0.128 e. The van der Waals surface area contributed by atoms with Crippen LogP contribution < -0.4 is 5.32 Å². The first-order chi connectivity index (χ1) is 9.20. The highest BCUT2D eigenvalue weighted by Gasteiger charge is 2.22. The van der Waals surface area contributed by atoms with Crippen molar-refractivity contribution in [2.75, 3.05) is 6.54 Å². The van der Waals surface area contributed by atoms with E-state index in [0.717, 1.165) is 36.4 Å². The molecule has 1 unspecified atom stereocenters. The van der Waals surface area contributed by atoms with E-state index in [-0.39, 0.29) is 11.9 Å². The van der Waals surface area contributed by atoms with Gasteiger partial charge in [-0.1, -0.05) is 44.7 Å². The molecule has 0 spiro atoms. The number of aryl methyl sites for hydroxylation is 1. The number of nitrogens with one attached hydrogen (secondary N) is 1. The van der Waals surface area contributed by atoms with Gasteiger partial charge >= 0.3 is 0 Å². The Bertz CT molecular complexity index is 396. The van der Waals surface area contributed by atoms with E-state index in [1.165, 1.54) is 25.7 Å². The fourth-order valence-electron chi connectivity index (χ4n) is 3.13. The van der Waals surface area contributed by atoms with Crippen molar-refractivity contribution in [1.82, 2.24) is 5.32 Å². The van der Waals surface area contributed by atoms with Crippen LogP contribution in [0.25, 0.3) is 0 Å². The van der Waals surface area contributed by atoms with E-state index in [1.54, 1.807) is 6.07 Å². The Labute approximate surface area is 116 Å². The molecule has 1 atom stereocenters. The highest BCUT2D eigenvalue weighted by atomic mass is 19.1. The van der Waals surface area contributed by atoms with Gasteiger partial charge in [0.2, 0.25) is 0 Å². The number of hydrogen-bond donors (Lipinski definition) is 1. The molecule has 1 aromatic rings. The molecule has 1 aliphatic rings.